The second-order valence-electron chi connectivity index (χ2n) is 6.45. The van der Waals surface area contributed by atoms with Gasteiger partial charge >= 0.3 is 5.97 Å². The number of hydrogen-bond acceptors (Lipinski definition) is 4. The number of fused-ring (bicyclic) bond motifs is 1. The normalized spacial score (nSPS) is 19.5. The van der Waals surface area contributed by atoms with E-state index in [2.05, 4.69) is 0 Å². The molecule has 0 spiro atoms. The lowest BCUT2D eigenvalue weighted by Crippen LogP contribution is -2.31. The van der Waals surface area contributed by atoms with E-state index in [1.807, 2.05) is 12.1 Å². The van der Waals surface area contributed by atoms with Gasteiger partial charge < -0.3 is 9.84 Å². The van der Waals surface area contributed by atoms with E-state index in [4.69, 9.17) is 33.0 Å². The van der Waals surface area contributed by atoms with Gasteiger partial charge in [-0.3, -0.25) is 0 Å². The molecule has 0 saturated carbocycles. The molecule has 144 valence electrons. The molecule has 1 N–H and O–H groups in total. The van der Waals surface area contributed by atoms with Crippen molar-refractivity contribution in [1.82, 2.24) is 0 Å². The first-order valence-electron chi connectivity index (χ1n) is 8.37. The van der Waals surface area contributed by atoms with Gasteiger partial charge in [0.15, 0.2) is 9.84 Å². The summed E-state index contributed by atoms with van der Waals surface area (Å²) in [5, 5.41) is 8.40. The second kappa shape index (κ2) is 8.19. The maximum Gasteiger partial charge on any atom is 0.329 e. The molecule has 27 heavy (non-hydrogen) atoms. The van der Waals surface area contributed by atoms with Gasteiger partial charge in [-0.05, 0) is 42.2 Å². The van der Waals surface area contributed by atoms with Gasteiger partial charge in [-0.25, -0.2) is 13.2 Å². The Bertz CT molecular complexity index is 958. The van der Waals surface area contributed by atoms with E-state index in [9.17, 15) is 13.2 Å². The maximum absolute atomic E-state index is 13.4. The Hall–Kier alpha value is -1.60. The molecular formula is C19H18Cl2O5S. The first-order valence-corrected chi connectivity index (χ1v) is 10.7. The number of carboxylic acids is 1. The van der Waals surface area contributed by atoms with Gasteiger partial charge in [-0.2, -0.15) is 0 Å². The lowest BCUT2D eigenvalue weighted by molar-refractivity contribution is -0.142. The summed E-state index contributed by atoms with van der Waals surface area (Å²) >= 11 is 11.9. The number of sulfone groups is 1. The van der Waals surface area contributed by atoms with Crippen molar-refractivity contribution >= 4 is 39.0 Å². The van der Waals surface area contributed by atoms with Crippen LogP contribution in [0.1, 0.15) is 22.8 Å². The number of carbonyl (C=O) groups is 1. The van der Waals surface area contributed by atoms with Crippen molar-refractivity contribution in [2.75, 3.05) is 13.2 Å². The third-order valence-electron chi connectivity index (χ3n) is 4.69. The predicted octanol–water partition coefficient (Wildman–Crippen LogP) is 4.17. The quantitative estimate of drug-likeness (QED) is 0.746. The van der Waals surface area contributed by atoms with Gasteiger partial charge in [0.25, 0.3) is 0 Å². The van der Waals surface area contributed by atoms with Crippen molar-refractivity contribution in [3.05, 3.63) is 63.6 Å². The molecule has 0 aliphatic heterocycles. The van der Waals surface area contributed by atoms with Crippen molar-refractivity contribution in [2.24, 2.45) is 5.92 Å². The van der Waals surface area contributed by atoms with Crippen molar-refractivity contribution in [1.29, 1.82) is 0 Å². The number of halogens is 2. The predicted molar refractivity (Wildman–Crippen MR) is 103 cm³/mol. The highest BCUT2D eigenvalue weighted by molar-refractivity contribution is 7.91. The number of rotatable bonds is 6. The highest BCUT2D eigenvalue weighted by Crippen LogP contribution is 2.43. The summed E-state index contributed by atoms with van der Waals surface area (Å²) < 4.78 is 32.1. The zero-order chi connectivity index (χ0) is 19.6. The summed E-state index contributed by atoms with van der Waals surface area (Å²) in [5.41, 5.74) is 1.69. The maximum atomic E-state index is 13.4. The van der Waals surface area contributed by atoms with E-state index in [0.717, 1.165) is 11.1 Å². The summed E-state index contributed by atoms with van der Waals surface area (Å²) in [7, 11) is -3.79. The third-order valence-corrected chi connectivity index (χ3v) is 7.64. The third kappa shape index (κ3) is 4.29. The Morgan fingerprint density at radius 2 is 1.89 bits per heavy atom. The fourth-order valence-corrected chi connectivity index (χ4v) is 5.96. The molecule has 0 aromatic heterocycles. The summed E-state index contributed by atoms with van der Waals surface area (Å²) in [6.45, 7) is -0.413. The largest absolute Gasteiger partial charge is 0.480 e. The summed E-state index contributed by atoms with van der Waals surface area (Å²) in [6.07, 6.45) is 1.30. The van der Waals surface area contributed by atoms with Gasteiger partial charge in [-0.1, -0.05) is 47.5 Å². The Morgan fingerprint density at radius 3 is 2.59 bits per heavy atom. The number of carboxylic acid groups (broad SMARTS) is 1. The minimum absolute atomic E-state index is 0.0475. The number of aliphatic carboxylic acids is 1. The zero-order valence-electron chi connectivity index (χ0n) is 14.3. The topological polar surface area (TPSA) is 80.7 Å². The van der Waals surface area contributed by atoms with E-state index in [1.165, 1.54) is 18.2 Å². The Morgan fingerprint density at radius 1 is 1.15 bits per heavy atom. The molecular weight excluding hydrogens is 411 g/mol. The van der Waals surface area contributed by atoms with Crippen LogP contribution in [0.2, 0.25) is 10.0 Å². The standard InChI is InChI=1S/C19H18Cl2O5S/c20-16-8-7-14(9-17(16)21)27(24,25)19-13(10-26-11-18(22)23)6-5-12-3-1-2-4-15(12)19/h1-4,7-9,13,19H,5-6,10-11H2,(H,22,23). The van der Waals surface area contributed by atoms with Gasteiger partial charge in [0.05, 0.1) is 26.8 Å². The molecule has 5 nitrogen and oxygen atoms in total. The fraction of sp³-hybridized carbons (Fsp3) is 0.316. The van der Waals surface area contributed by atoms with Gasteiger partial charge in [-0.15, -0.1) is 0 Å². The zero-order valence-corrected chi connectivity index (χ0v) is 16.6. The summed E-state index contributed by atoms with van der Waals surface area (Å²) in [5.74, 6) is -1.45. The molecule has 2 aromatic rings. The highest BCUT2D eigenvalue weighted by atomic mass is 35.5. The van der Waals surface area contributed by atoms with Crippen molar-refractivity contribution in [3.8, 4) is 0 Å². The lowest BCUT2D eigenvalue weighted by atomic mass is 9.84. The van der Waals surface area contributed by atoms with Crippen LogP contribution in [0.5, 0.6) is 0 Å². The molecule has 0 saturated heterocycles. The second-order valence-corrected chi connectivity index (χ2v) is 9.33. The molecule has 1 aliphatic rings. The van der Waals surface area contributed by atoms with Gasteiger partial charge in [0.1, 0.15) is 6.61 Å². The van der Waals surface area contributed by atoms with Gasteiger partial charge in [0.2, 0.25) is 0 Å². The molecule has 1 aliphatic carbocycles. The monoisotopic (exact) mass is 428 g/mol. The minimum Gasteiger partial charge on any atom is -0.480 e. The SMILES string of the molecule is O=C(O)COCC1CCc2ccccc2C1S(=O)(=O)c1ccc(Cl)c(Cl)c1. The van der Waals surface area contributed by atoms with E-state index in [-0.39, 0.29) is 27.5 Å². The number of aryl methyl sites for hydroxylation is 1. The molecule has 3 rings (SSSR count). The van der Waals surface area contributed by atoms with Crippen LogP contribution in [0.25, 0.3) is 0 Å². The number of hydrogen-bond donors (Lipinski definition) is 1. The summed E-state index contributed by atoms with van der Waals surface area (Å²) in [6, 6.07) is 11.7. The van der Waals surface area contributed by atoms with Crippen LogP contribution in [-0.2, 0) is 25.8 Å². The summed E-state index contributed by atoms with van der Waals surface area (Å²) in [4.78, 5) is 10.8. The lowest BCUT2D eigenvalue weighted by Gasteiger charge is -2.33. The Labute approximate surface area is 167 Å². The van der Waals surface area contributed by atoms with Crippen LogP contribution in [-0.4, -0.2) is 32.7 Å². The minimum atomic E-state index is -3.79. The average molecular weight is 429 g/mol. The van der Waals surface area contributed by atoms with E-state index in [1.54, 1.807) is 12.1 Å². The molecule has 0 radical (unpaired) electrons. The van der Waals surface area contributed by atoms with Crippen molar-refractivity contribution in [2.45, 2.75) is 23.0 Å². The van der Waals surface area contributed by atoms with Crippen LogP contribution in [0.3, 0.4) is 0 Å². The van der Waals surface area contributed by atoms with E-state index < -0.39 is 27.7 Å². The van der Waals surface area contributed by atoms with Crippen LogP contribution >= 0.6 is 23.2 Å². The molecule has 0 heterocycles. The Kier molecular flexibility index (Phi) is 6.11. The molecule has 0 bridgehead atoms. The smallest absolute Gasteiger partial charge is 0.329 e. The van der Waals surface area contributed by atoms with E-state index in [0.29, 0.717) is 12.8 Å². The van der Waals surface area contributed by atoms with Crippen molar-refractivity contribution in [3.63, 3.8) is 0 Å². The molecule has 0 amide bonds. The van der Waals surface area contributed by atoms with E-state index >= 15 is 0 Å². The molecule has 8 heteroatoms. The molecule has 2 atom stereocenters. The van der Waals surface area contributed by atoms with Crippen LogP contribution in [0.4, 0.5) is 0 Å². The molecule has 2 aromatic carbocycles. The van der Waals surface area contributed by atoms with Gasteiger partial charge in [0, 0.05) is 5.92 Å². The molecule has 2 unspecified atom stereocenters. The number of benzene rings is 2. The van der Waals surface area contributed by atoms with Crippen LogP contribution in [0, 0.1) is 5.92 Å². The Balaban J connectivity index is 2.02. The van der Waals surface area contributed by atoms with Crippen molar-refractivity contribution < 1.29 is 23.1 Å². The fourth-order valence-electron chi connectivity index (χ4n) is 3.47. The highest BCUT2D eigenvalue weighted by Gasteiger charge is 2.40. The molecule has 0 fully saturated rings. The van der Waals surface area contributed by atoms with Crippen LogP contribution in [0.15, 0.2) is 47.4 Å². The first-order chi connectivity index (χ1) is 12.8. The average Bonchev–Trinajstić information content (AvgIpc) is 2.63. The number of ether oxygens (including phenoxy) is 1. The van der Waals surface area contributed by atoms with Crippen LogP contribution < -0.4 is 0 Å². The first kappa shape index (κ1) is 20.1.